The zero-order valence-electron chi connectivity index (χ0n) is 13.0. The Balaban J connectivity index is 1.89. The van der Waals surface area contributed by atoms with Gasteiger partial charge in [-0.25, -0.2) is 0 Å². The van der Waals surface area contributed by atoms with Crippen LogP contribution in [0, 0.1) is 6.92 Å². The number of benzene rings is 2. The van der Waals surface area contributed by atoms with Crippen LogP contribution < -0.4 is 19.5 Å². The maximum atomic E-state index is 5.99. The average Bonchev–Trinajstić information content (AvgIpc) is 2.54. The molecule has 0 aliphatic carbocycles. The highest BCUT2D eigenvalue weighted by molar-refractivity contribution is 6.31. The Morgan fingerprint density at radius 1 is 1.00 bits per heavy atom. The van der Waals surface area contributed by atoms with Gasteiger partial charge in [0.15, 0.2) is 0 Å². The molecular weight excluding hydrogens is 302 g/mol. The van der Waals surface area contributed by atoms with E-state index in [1.165, 1.54) is 0 Å². The average molecular weight is 322 g/mol. The van der Waals surface area contributed by atoms with Gasteiger partial charge in [0.25, 0.3) is 0 Å². The molecule has 2 aromatic rings. The molecule has 2 rings (SSSR count). The summed E-state index contributed by atoms with van der Waals surface area (Å²) in [7, 11) is 3.28. The van der Waals surface area contributed by atoms with E-state index >= 15 is 0 Å². The lowest BCUT2D eigenvalue weighted by Crippen LogP contribution is -2.12. The second-order valence-electron chi connectivity index (χ2n) is 4.75. The van der Waals surface area contributed by atoms with E-state index in [1.807, 2.05) is 43.3 Å². The normalized spacial score (nSPS) is 10.2. The van der Waals surface area contributed by atoms with Crippen molar-refractivity contribution >= 4 is 17.3 Å². The maximum absolute atomic E-state index is 5.99. The Morgan fingerprint density at radius 3 is 2.45 bits per heavy atom. The number of methoxy groups -OCH3 is 2. The predicted octanol–water partition coefficient (Wildman–Crippen LogP) is 4.16. The molecule has 0 unspecified atom stereocenters. The summed E-state index contributed by atoms with van der Waals surface area (Å²) in [6.45, 7) is 3.13. The van der Waals surface area contributed by atoms with Crippen molar-refractivity contribution < 1.29 is 14.2 Å². The second-order valence-corrected chi connectivity index (χ2v) is 5.16. The minimum atomic E-state index is 0.529. The van der Waals surface area contributed by atoms with Gasteiger partial charge in [0.05, 0.1) is 19.9 Å². The number of rotatable bonds is 7. The fourth-order valence-electron chi connectivity index (χ4n) is 2.01. The number of aryl methyl sites for hydroxylation is 1. The zero-order chi connectivity index (χ0) is 15.9. The summed E-state index contributed by atoms with van der Waals surface area (Å²) in [5.74, 6) is 2.35. The van der Waals surface area contributed by atoms with Crippen molar-refractivity contribution in [2.75, 3.05) is 32.7 Å². The third kappa shape index (κ3) is 4.21. The van der Waals surface area contributed by atoms with Crippen molar-refractivity contribution in [3.05, 3.63) is 47.0 Å². The fraction of sp³-hybridized carbons (Fsp3) is 0.294. The van der Waals surface area contributed by atoms with Gasteiger partial charge in [-0.15, -0.1) is 0 Å². The van der Waals surface area contributed by atoms with Crippen LogP contribution in [-0.2, 0) is 0 Å². The van der Waals surface area contributed by atoms with Gasteiger partial charge in [-0.3, -0.25) is 0 Å². The molecule has 2 aromatic carbocycles. The molecule has 0 amide bonds. The highest BCUT2D eigenvalue weighted by Crippen LogP contribution is 2.28. The highest BCUT2D eigenvalue weighted by Gasteiger charge is 2.04. The summed E-state index contributed by atoms with van der Waals surface area (Å²) in [5, 5.41) is 4.02. The first-order chi connectivity index (χ1) is 10.6. The number of nitrogens with one attached hydrogen (secondary N) is 1. The molecular formula is C17H20ClNO3. The lowest BCUT2D eigenvalue weighted by atomic mass is 10.2. The van der Waals surface area contributed by atoms with Crippen LogP contribution in [0.5, 0.6) is 17.2 Å². The Bertz CT molecular complexity index is 631. The van der Waals surface area contributed by atoms with Gasteiger partial charge in [-0.2, -0.15) is 0 Å². The van der Waals surface area contributed by atoms with Gasteiger partial charge >= 0.3 is 0 Å². The molecule has 0 saturated carbocycles. The van der Waals surface area contributed by atoms with E-state index in [1.54, 1.807) is 14.2 Å². The minimum absolute atomic E-state index is 0.529. The van der Waals surface area contributed by atoms with Gasteiger partial charge in [-0.05, 0) is 42.8 Å². The summed E-state index contributed by atoms with van der Waals surface area (Å²) in [6, 6.07) is 11.2. The van der Waals surface area contributed by atoms with Crippen LogP contribution >= 0.6 is 11.6 Å². The Morgan fingerprint density at radius 2 is 1.77 bits per heavy atom. The number of anilines is 1. The third-order valence-corrected chi connectivity index (χ3v) is 3.65. The molecule has 0 atom stereocenters. The predicted molar refractivity (Wildman–Crippen MR) is 89.7 cm³/mol. The topological polar surface area (TPSA) is 39.7 Å². The number of hydrogen-bond donors (Lipinski definition) is 1. The first-order valence-electron chi connectivity index (χ1n) is 6.99. The second kappa shape index (κ2) is 7.80. The molecule has 0 heterocycles. The van der Waals surface area contributed by atoms with E-state index in [0.29, 0.717) is 13.2 Å². The first kappa shape index (κ1) is 16.3. The van der Waals surface area contributed by atoms with Crippen molar-refractivity contribution in [1.29, 1.82) is 0 Å². The molecule has 0 fully saturated rings. The van der Waals surface area contributed by atoms with E-state index in [2.05, 4.69) is 5.32 Å². The number of ether oxygens (including phenoxy) is 3. The van der Waals surface area contributed by atoms with Crippen molar-refractivity contribution in [2.24, 2.45) is 0 Å². The standard InChI is InChI=1S/C17H20ClNO3/c1-12-10-14(4-6-15(12)18)22-9-8-19-16-11-13(20-2)5-7-17(16)21-3/h4-7,10-11,19H,8-9H2,1-3H3. The molecule has 0 aliphatic rings. The SMILES string of the molecule is COc1ccc(OC)c(NCCOc2ccc(Cl)c(C)c2)c1. The van der Waals surface area contributed by atoms with Crippen LogP contribution in [0.15, 0.2) is 36.4 Å². The van der Waals surface area contributed by atoms with Gasteiger partial charge in [0, 0.05) is 17.6 Å². The molecule has 5 heteroatoms. The van der Waals surface area contributed by atoms with Crippen molar-refractivity contribution in [3.63, 3.8) is 0 Å². The van der Waals surface area contributed by atoms with Crippen molar-refractivity contribution in [3.8, 4) is 17.2 Å². The first-order valence-corrected chi connectivity index (χ1v) is 7.36. The lowest BCUT2D eigenvalue weighted by molar-refractivity contribution is 0.332. The molecule has 22 heavy (non-hydrogen) atoms. The van der Waals surface area contributed by atoms with Gasteiger partial charge in [0.1, 0.15) is 23.9 Å². The molecule has 0 bridgehead atoms. The van der Waals surface area contributed by atoms with E-state index in [0.717, 1.165) is 33.5 Å². The summed E-state index contributed by atoms with van der Waals surface area (Å²) in [4.78, 5) is 0. The molecule has 118 valence electrons. The summed E-state index contributed by atoms with van der Waals surface area (Å²) in [6.07, 6.45) is 0. The quantitative estimate of drug-likeness (QED) is 0.777. The smallest absolute Gasteiger partial charge is 0.142 e. The van der Waals surface area contributed by atoms with Gasteiger partial charge < -0.3 is 19.5 Å². The highest BCUT2D eigenvalue weighted by atomic mass is 35.5. The van der Waals surface area contributed by atoms with Crippen LogP contribution in [0.25, 0.3) is 0 Å². The molecule has 1 N–H and O–H groups in total. The van der Waals surface area contributed by atoms with Gasteiger partial charge in [0.2, 0.25) is 0 Å². The fourth-order valence-corrected chi connectivity index (χ4v) is 2.13. The van der Waals surface area contributed by atoms with Crippen LogP contribution in [0.2, 0.25) is 5.02 Å². The van der Waals surface area contributed by atoms with E-state index in [-0.39, 0.29) is 0 Å². The van der Waals surface area contributed by atoms with Crippen LogP contribution in [-0.4, -0.2) is 27.4 Å². The van der Waals surface area contributed by atoms with Crippen LogP contribution in [0.1, 0.15) is 5.56 Å². The summed E-state index contributed by atoms with van der Waals surface area (Å²) in [5.41, 5.74) is 1.87. The Kier molecular flexibility index (Phi) is 5.78. The number of hydrogen-bond acceptors (Lipinski definition) is 4. The third-order valence-electron chi connectivity index (χ3n) is 3.22. The number of halogens is 1. The summed E-state index contributed by atoms with van der Waals surface area (Å²) < 4.78 is 16.2. The van der Waals surface area contributed by atoms with E-state index in [9.17, 15) is 0 Å². The lowest BCUT2D eigenvalue weighted by Gasteiger charge is -2.13. The van der Waals surface area contributed by atoms with Crippen LogP contribution in [0.4, 0.5) is 5.69 Å². The molecule has 0 aromatic heterocycles. The zero-order valence-corrected chi connectivity index (χ0v) is 13.7. The maximum Gasteiger partial charge on any atom is 0.142 e. The van der Waals surface area contributed by atoms with E-state index in [4.69, 9.17) is 25.8 Å². The molecule has 0 saturated heterocycles. The van der Waals surface area contributed by atoms with Crippen LogP contribution in [0.3, 0.4) is 0 Å². The summed E-state index contributed by atoms with van der Waals surface area (Å²) >= 11 is 5.99. The van der Waals surface area contributed by atoms with Crippen molar-refractivity contribution in [2.45, 2.75) is 6.92 Å². The van der Waals surface area contributed by atoms with Gasteiger partial charge in [-0.1, -0.05) is 11.6 Å². The molecule has 0 spiro atoms. The van der Waals surface area contributed by atoms with E-state index < -0.39 is 0 Å². The Labute approximate surface area is 136 Å². The Hall–Kier alpha value is -2.07. The monoisotopic (exact) mass is 321 g/mol. The molecule has 0 radical (unpaired) electrons. The largest absolute Gasteiger partial charge is 0.497 e. The van der Waals surface area contributed by atoms with Crippen molar-refractivity contribution in [1.82, 2.24) is 0 Å². The molecule has 4 nitrogen and oxygen atoms in total. The molecule has 0 aliphatic heterocycles. The minimum Gasteiger partial charge on any atom is -0.497 e.